The van der Waals surface area contributed by atoms with Gasteiger partial charge in [-0.3, -0.25) is 0 Å². The molecule has 1 unspecified atom stereocenters. The Labute approximate surface area is 117 Å². The predicted molar refractivity (Wildman–Crippen MR) is 83.6 cm³/mol. The summed E-state index contributed by atoms with van der Waals surface area (Å²) >= 11 is 0. The topological polar surface area (TPSA) is 21.3 Å². The average Bonchev–Trinajstić information content (AvgIpc) is 2.39. The van der Waals surface area contributed by atoms with E-state index in [4.69, 9.17) is 4.74 Å². The number of benzene rings is 1. The van der Waals surface area contributed by atoms with Crippen molar-refractivity contribution in [2.75, 3.05) is 6.54 Å². The summed E-state index contributed by atoms with van der Waals surface area (Å²) in [5, 5.41) is 3.54. The summed E-state index contributed by atoms with van der Waals surface area (Å²) in [6.07, 6.45) is 5.36. The Morgan fingerprint density at radius 1 is 1.32 bits per heavy atom. The number of allylic oxidation sites excluding steroid dienone is 1. The lowest BCUT2D eigenvalue weighted by molar-refractivity contribution is 0.198. The maximum absolute atomic E-state index is 6.02. The van der Waals surface area contributed by atoms with Crippen LogP contribution in [0.5, 0.6) is 5.75 Å². The molecule has 0 aromatic heterocycles. The summed E-state index contributed by atoms with van der Waals surface area (Å²) in [5.74, 6) is 0.948. The van der Waals surface area contributed by atoms with Gasteiger partial charge >= 0.3 is 0 Å². The quantitative estimate of drug-likeness (QED) is 0.791. The lowest BCUT2D eigenvalue weighted by Crippen LogP contribution is -2.43. The van der Waals surface area contributed by atoms with Gasteiger partial charge in [-0.05, 0) is 40.2 Å². The number of hydrogen-bond donors (Lipinski definition) is 1. The number of ether oxygens (including phenoxy) is 1. The molecule has 1 rings (SSSR count). The van der Waals surface area contributed by atoms with Crippen LogP contribution in [0.25, 0.3) is 6.08 Å². The first kappa shape index (κ1) is 15.8. The molecular formula is C17H27NO. The van der Waals surface area contributed by atoms with Crippen molar-refractivity contribution in [2.24, 2.45) is 0 Å². The van der Waals surface area contributed by atoms with Gasteiger partial charge in [0.2, 0.25) is 0 Å². The second-order valence-electron chi connectivity index (χ2n) is 5.58. The minimum atomic E-state index is 0.150. The molecule has 1 N–H and O–H groups in total. The van der Waals surface area contributed by atoms with E-state index in [1.807, 2.05) is 31.2 Å². The highest BCUT2D eigenvalue weighted by molar-refractivity contribution is 5.56. The Morgan fingerprint density at radius 3 is 2.63 bits per heavy atom. The molecule has 0 radical (unpaired) electrons. The van der Waals surface area contributed by atoms with Crippen LogP contribution in [0.3, 0.4) is 0 Å². The first-order chi connectivity index (χ1) is 8.98. The van der Waals surface area contributed by atoms with Gasteiger partial charge in [-0.15, -0.1) is 0 Å². The Morgan fingerprint density at radius 2 is 2.00 bits per heavy atom. The van der Waals surface area contributed by atoms with E-state index in [1.54, 1.807) is 0 Å². The second-order valence-corrected chi connectivity index (χ2v) is 5.58. The lowest BCUT2D eigenvalue weighted by atomic mass is 10.0. The molecule has 0 aliphatic carbocycles. The summed E-state index contributed by atoms with van der Waals surface area (Å²) in [7, 11) is 0. The first-order valence-electron chi connectivity index (χ1n) is 7.12. The van der Waals surface area contributed by atoms with Crippen LogP contribution in [-0.2, 0) is 0 Å². The fraction of sp³-hybridized carbons (Fsp3) is 0.529. The van der Waals surface area contributed by atoms with Gasteiger partial charge in [0.25, 0.3) is 0 Å². The first-order valence-corrected chi connectivity index (χ1v) is 7.12. The van der Waals surface area contributed by atoms with E-state index in [0.29, 0.717) is 0 Å². The number of rotatable bonds is 7. The highest BCUT2D eigenvalue weighted by Gasteiger charge is 2.16. The van der Waals surface area contributed by atoms with Crippen molar-refractivity contribution in [3.05, 3.63) is 35.9 Å². The largest absolute Gasteiger partial charge is 0.489 e. The van der Waals surface area contributed by atoms with E-state index in [0.717, 1.165) is 24.3 Å². The number of para-hydroxylation sites is 1. The third kappa shape index (κ3) is 5.48. The highest BCUT2D eigenvalue weighted by Crippen LogP contribution is 2.20. The van der Waals surface area contributed by atoms with Crippen LogP contribution in [-0.4, -0.2) is 18.2 Å². The second kappa shape index (κ2) is 7.34. The maximum atomic E-state index is 6.02. The molecular weight excluding hydrogens is 234 g/mol. The van der Waals surface area contributed by atoms with E-state index in [9.17, 15) is 0 Å². The summed E-state index contributed by atoms with van der Waals surface area (Å²) in [6.45, 7) is 11.6. The molecule has 1 aromatic carbocycles. The summed E-state index contributed by atoms with van der Waals surface area (Å²) in [6, 6.07) is 8.14. The Hall–Kier alpha value is -1.28. The van der Waals surface area contributed by atoms with Crippen LogP contribution < -0.4 is 10.1 Å². The third-order valence-electron chi connectivity index (χ3n) is 3.35. The van der Waals surface area contributed by atoms with Crippen molar-refractivity contribution in [3.8, 4) is 5.75 Å². The third-order valence-corrected chi connectivity index (χ3v) is 3.35. The zero-order chi connectivity index (χ0) is 14.3. The molecule has 1 aromatic rings. The zero-order valence-electron chi connectivity index (χ0n) is 12.9. The lowest BCUT2D eigenvalue weighted by Gasteiger charge is -2.27. The smallest absolute Gasteiger partial charge is 0.126 e. The van der Waals surface area contributed by atoms with Crippen molar-refractivity contribution in [1.29, 1.82) is 0 Å². The predicted octanol–water partition coefficient (Wildman–Crippen LogP) is 4.27. The van der Waals surface area contributed by atoms with Gasteiger partial charge in [-0.2, -0.15) is 0 Å². The normalized spacial score (nSPS) is 13.7. The van der Waals surface area contributed by atoms with Gasteiger partial charge in [-0.1, -0.05) is 37.3 Å². The molecule has 106 valence electrons. The van der Waals surface area contributed by atoms with Crippen molar-refractivity contribution < 1.29 is 4.74 Å². The molecule has 0 aliphatic heterocycles. The summed E-state index contributed by atoms with van der Waals surface area (Å²) < 4.78 is 6.02. The number of nitrogens with one attached hydrogen (secondary N) is 1. The van der Waals surface area contributed by atoms with Gasteiger partial charge in [0.05, 0.1) is 0 Å². The van der Waals surface area contributed by atoms with E-state index >= 15 is 0 Å². The molecule has 1 atom stereocenters. The van der Waals surface area contributed by atoms with Gasteiger partial charge in [0.15, 0.2) is 0 Å². The molecule has 0 saturated heterocycles. The van der Waals surface area contributed by atoms with Crippen LogP contribution >= 0.6 is 0 Å². The molecule has 0 amide bonds. The standard InChI is InChI=1S/C17H27NO/c1-6-10-15-11-8-9-12-16(15)19-14(3)13-18-17(4,5)7-2/h6,8-12,14,18H,7,13H2,1-5H3/b10-6+. The van der Waals surface area contributed by atoms with E-state index in [-0.39, 0.29) is 11.6 Å². The zero-order valence-corrected chi connectivity index (χ0v) is 12.9. The molecule has 0 fully saturated rings. The van der Waals surface area contributed by atoms with Gasteiger partial charge in [0.1, 0.15) is 11.9 Å². The van der Waals surface area contributed by atoms with Gasteiger partial charge < -0.3 is 10.1 Å². The Bertz CT molecular complexity index is 409. The molecule has 19 heavy (non-hydrogen) atoms. The van der Waals surface area contributed by atoms with Crippen LogP contribution in [0.15, 0.2) is 30.3 Å². The van der Waals surface area contributed by atoms with Crippen LogP contribution in [0, 0.1) is 0 Å². The van der Waals surface area contributed by atoms with Crippen LogP contribution in [0.1, 0.15) is 46.6 Å². The van der Waals surface area contributed by atoms with Crippen molar-refractivity contribution in [3.63, 3.8) is 0 Å². The number of hydrogen-bond acceptors (Lipinski definition) is 2. The fourth-order valence-electron chi connectivity index (χ4n) is 1.71. The molecule has 0 aliphatic rings. The monoisotopic (exact) mass is 261 g/mol. The van der Waals surface area contributed by atoms with Crippen LogP contribution in [0.4, 0.5) is 0 Å². The van der Waals surface area contributed by atoms with Gasteiger partial charge in [-0.25, -0.2) is 0 Å². The SMILES string of the molecule is C/C=C/c1ccccc1OC(C)CNC(C)(C)CC. The fourth-order valence-corrected chi connectivity index (χ4v) is 1.71. The van der Waals surface area contributed by atoms with Crippen molar-refractivity contribution in [1.82, 2.24) is 5.32 Å². The Balaban J connectivity index is 2.59. The minimum absolute atomic E-state index is 0.150. The molecule has 2 nitrogen and oxygen atoms in total. The van der Waals surface area contributed by atoms with E-state index in [1.165, 1.54) is 0 Å². The summed E-state index contributed by atoms with van der Waals surface area (Å²) in [5.41, 5.74) is 1.30. The van der Waals surface area contributed by atoms with E-state index < -0.39 is 0 Å². The highest BCUT2D eigenvalue weighted by atomic mass is 16.5. The molecule has 0 spiro atoms. The average molecular weight is 261 g/mol. The summed E-state index contributed by atoms with van der Waals surface area (Å²) in [4.78, 5) is 0. The van der Waals surface area contributed by atoms with Crippen molar-refractivity contribution in [2.45, 2.75) is 52.7 Å². The van der Waals surface area contributed by atoms with Crippen molar-refractivity contribution >= 4 is 6.08 Å². The molecule has 0 heterocycles. The maximum Gasteiger partial charge on any atom is 0.126 e. The molecule has 0 bridgehead atoms. The van der Waals surface area contributed by atoms with Gasteiger partial charge in [0, 0.05) is 17.6 Å². The minimum Gasteiger partial charge on any atom is -0.489 e. The molecule has 2 heteroatoms. The molecule has 0 saturated carbocycles. The van der Waals surface area contributed by atoms with E-state index in [2.05, 4.69) is 45.2 Å². The van der Waals surface area contributed by atoms with Crippen LogP contribution in [0.2, 0.25) is 0 Å². The Kier molecular flexibility index (Phi) is 6.10.